The molecule has 0 aromatic carbocycles. The minimum atomic E-state index is -0.0148. The molecule has 0 aromatic heterocycles. The van der Waals surface area contributed by atoms with Crippen LogP contribution >= 0.6 is 0 Å². The van der Waals surface area contributed by atoms with Crippen LogP contribution in [-0.2, 0) is 0 Å². The van der Waals surface area contributed by atoms with Crippen molar-refractivity contribution in [2.24, 2.45) is 11.8 Å². The van der Waals surface area contributed by atoms with Gasteiger partial charge in [-0.25, -0.2) is 0 Å². The lowest BCUT2D eigenvalue weighted by Crippen LogP contribution is -2.27. The average Bonchev–Trinajstić information content (AvgIpc) is 2.04. The Balaban J connectivity index is 2.03. The summed E-state index contributed by atoms with van der Waals surface area (Å²) >= 11 is 0. The maximum atomic E-state index is 9.41. The topological polar surface area (TPSA) is 20.2 Å². The highest BCUT2D eigenvalue weighted by Crippen LogP contribution is 2.36. The number of allylic oxidation sites excluding steroid dienone is 2. The molecule has 0 saturated heterocycles. The van der Waals surface area contributed by atoms with Crippen molar-refractivity contribution in [1.29, 1.82) is 0 Å². The molecule has 2 aliphatic rings. The van der Waals surface area contributed by atoms with Crippen LogP contribution < -0.4 is 0 Å². The summed E-state index contributed by atoms with van der Waals surface area (Å²) in [6.07, 6.45) is 10.5. The maximum absolute atomic E-state index is 9.41. The Morgan fingerprint density at radius 3 is 3.00 bits per heavy atom. The molecule has 0 radical (unpaired) electrons. The summed E-state index contributed by atoms with van der Waals surface area (Å²) in [5.74, 6) is 1.59. The van der Waals surface area contributed by atoms with E-state index in [1.807, 2.05) is 0 Å². The van der Waals surface area contributed by atoms with E-state index in [2.05, 4.69) is 12.2 Å². The van der Waals surface area contributed by atoms with Gasteiger partial charge < -0.3 is 5.11 Å². The quantitative estimate of drug-likeness (QED) is 0.527. The lowest BCUT2D eigenvalue weighted by atomic mass is 9.73. The SMILES string of the molecule is OC1CCC2CCC=CC2C1. The van der Waals surface area contributed by atoms with Crippen LogP contribution in [0.5, 0.6) is 0 Å². The van der Waals surface area contributed by atoms with Crippen LogP contribution in [0.15, 0.2) is 12.2 Å². The van der Waals surface area contributed by atoms with Crippen LogP contribution in [0, 0.1) is 11.8 Å². The predicted octanol–water partition coefficient (Wildman–Crippen LogP) is 2.11. The number of rotatable bonds is 0. The molecular formula is C10H16O. The third kappa shape index (κ3) is 1.48. The monoisotopic (exact) mass is 152 g/mol. The molecule has 11 heavy (non-hydrogen) atoms. The zero-order valence-corrected chi connectivity index (χ0v) is 6.87. The van der Waals surface area contributed by atoms with E-state index in [0.29, 0.717) is 5.92 Å². The van der Waals surface area contributed by atoms with E-state index in [4.69, 9.17) is 0 Å². The predicted molar refractivity (Wildman–Crippen MR) is 45.2 cm³/mol. The zero-order chi connectivity index (χ0) is 7.68. The first kappa shape index (κ1) is 7.35. The zero-order valence-electron chi connectivity index (χ0n) is 6.87. The minimum absolute atomic E-state index is 0.0148. The molecule has 0 spiro atoms. The van der Waals surface area contributed by atoms with Crippen LogP contribution in [-0.4, -0.2) is 11.2 Å². The van der Waals surface area contributed by atoms with Gasteiger partial charge in [-0.05, 0) is 43.9 Å². The first-order valence-corrected chi connectivity index (χ1v) is 4.71. The first-order chi connectivity index (χ1) is 5.36. The van der Waals surface area contributed by atoms with Crippen LogP contribution in [0.3, 0.4) is 0 Å². The second-order valence-corrected chi connectivity index (χ2v) is 3.90. The summed E-state index contributed by atoms with van der Waals surface area (Å²) in [5, 5.41) is 9.41. The molecule has 62 valence electrons. The minimum Gasteiger partial charge on any atom is -0.393 e. The Kier molecular flexibility index (Phi) is 1.99. The molecule has 1 heteroatoms. The van der Waals surface area contributed by atoms with Gasteiger partial charge in [0, 0.05) is 0 Å². The van der Waals surface area contributed by atoms with Gasteiger partial charge in [-0.15, -0.1) is 0 Å². The molecule has 2 aliphatic carbocycles. The Labute approximate surface area is 68.1 Å². The van der Waals surface area contributed by atoms with Gasteiger partial charge in [-0.1, -0.05) is 12.2 Å². The van der Waals surface area contributed by atoms with E-state index in [1.165, 1.54) is 19.3 Å². The summed E-state index contributed by atoms with van der Waals surface area (Å²) in [6, 6.07) is 0. The van der Waals surface area contributed by atoms with Crippen molar-refractivity contribution in [2.45, 2.75) is 38.2 Å². The lowest BCUT2D eigenvalue weighted by molar-refractivity contribution is 0.0797. The smallest absolute Gasteiger partial charge is 0.0546 e. The number of hydrogen-bond acceptors (Lipinski definition) is 1. The molecule has 0 bridgehead atoms. The largest absolute Gasteiger partial charge is 0.393 e. The molecule has 1 saturated carbocycles. The van der Waals surface area contributed by atoms with Gasteiger partial charge in [0.2, 0.25) is 0 Å². The molecule has 0 amide bonds. The highest BCUT2D eigenvalue weighted by molar-refractivity contribution is 4.99. The van der Waals surface area contributed by atoms with E-state index in [-0.39, 0.29) is 6.10 Å². The summed E-state index contributed by atoms with van der Waals surface area (Å²) in [4.78, 5) is 0. The number of aliphatic hydroxyl groups excluding tert-OH is 1. The van der Waals surface area contributed by atoms with Gasteiger partial charge in [0.25, 0.3) is 0 Å². The fourth-order valence-corrected chi connectivity index (χ4v) is 2.42. The highest BCUT2D eigenvalue weighted by Gasteiger charge is 2.28. The number of fused-ring (bicyclic) bond motifs is 1. The van der Waals surface area contributed by atoms with E-state index in [0.717, 1.165) is 18.8 Å². The van der Waals surface area contributed by atoms with Crippen molar-refractivity contribution in [1.82, 2.24) is 0 Å². The van der Waals surface area contributed by atoms with Gasteiger partial charge in [-0.2, -0.15) is 0 Å². The highest BCUT2D eigenvalue weighted by atomic mass is 16.3. The van der Waals surface area contributed by atoms with Crippen LogP contribution in [0.2, 0.25) is 0 Å². The number of aliphatic hydroxyl groups is 1. The molecule has 0 aromatic rings. The fourth-order valence-electron chi connectivity index (χ4n) is 2.42. The molecule has 0 heterocycles. The van der Waals surface area contributed by atoms with Crippen molar-refractivity contribution in [3.05, 3.63) is 12.2 Å². The van der Waals surface area contributed by atoms with Crippen LogP contribution in [0.1, 0.15) is 32.1 Å². The van der Waals surface area contributed by atoms with Crippen LogP contribution in [0.4, 0.5) is 0 Å². The molecule has 2 rings (SSSR count). The van der Waals surface area contributed by atoms with Crippen molar-refractivity contribution < 1.29 is 5.11 Å². The molecule has 1 nitrogen and oxygen atoms in total. The molecule has 0 aliphatic heterocycles. The summed E-state index contributed by atoms with van der Waals surface area (Å²) < 4.78 is 0. The molecule has 3 unspecified atom stereocenters. The van der Waals surface area contributed by atoms with E-state index < -0.39 is 0 Å². The van der Waals surface area contributed by atoms with Crippen molar-refractivity contribution >= 4 is 0 Å². The van der Waals surface area contributed by atoms with Gasteiger partial charge in [-0.3, -0.25) is 0 Å². The third-order valence-corrected chi connectivity index (χ3v) is 3.11. The van der Waals surface area contributed by atoms with E-state index >= 15 is 0 Å². The van der Waals surface area contributed by atoms with Gasteiger partial charge in [0.1, 0.15) is 0 Å². The maximum Gasteiger partial charge on any atom is 0.0546 e. The summed E-state index contributed by atoms with van der Waals surface area (Å²) in [6.45, 7) is 0. The van der Waals surface area contributed by atoms with Gasteiger partial charge in [0.05, 0.1) is 6.10 Å². The Bertz CT molecular complexity index is 162. The Hall–Kier alpha value is -0.300. The first-order valence-electron chi connectivity index (χ1n) is 4.71. The normalized spacial score (nSPS) is 43.5. The van der Waals surface area contributed by atoms with Gasteiger partial charge >= 0.3 is 0 Å². The second-order valence-electron chi connectivity index (χ2n) is 3.90. The Morgan fingerprint density at radius 1 is 1.18 bits per heavy atom. The summed E-state index contributed by atoms with van der Waals surface area (Å²) in [7, 11) is 0. The lowest BCUT2D eigenvalue weighted by Gasteiger charge is -2.34. The molecule has 3 atom stereocenters. The summed E-state index contributed by atoms with van der Waals surface area (Å²) in [5.41, 5.74) is 0. The number of hydrogen-bond donors (Lipinski definition) is 1. The third-order valence-electron chi connectivity index (χ3n) is 3.11. The van der Waals surface area contributed by atoms with Crippen molar-refractivity contribution in [3.63, 3.8) is 0 Å². The standard InChI is InChI=1S/C10H16O/c11-10-6-5-8-3-1-2-4-9(8)7-10/h2,4,8-11H,1,3,5-7H2. The molecular weight excluding hydrogens is 136 g/mol. The van der Waals surface area contributed by atoms with Crippen molar-refractivity contribution in [2.75, 3.05) is 0 Å². The molecule has 1 N–H and O–H groups in total. The molecule has 1 fully saturated rings. The van der Waals surface area contributed by atoms with E-state index in [9.17, 15) is 5.11 Å². The second kappa shape index (κ2) is 2.98. The average molecular weight is 152 g/mol. The van der Waals surface area contributed by atoms with Gasteiger partial charge in [0.15, 0.2) is 0 Å². The fraction of sp³-hybridized carbons (Fsp3) is 0.800. The Morgan fingerprint density at radius 2 is 2.09 bits per heavy atom. The van der Waals surface area contributed by atoms with E-state index in [1.54, 1.807) is 0 Å². The van der Waals surface area contributed by atoms with Crippen molar-refractivity contribution in [3.8, 4) is 0 Å². The van der Waals surface area contributed by atoms with Crippen LogP contribution in [0.25, 0.3) is 0 Å².